The average molecular weight is 162 g/mol. The van der Waals surface area contributed by atoms with Gasteiger partial charge in [0.15, 0.2) is 0 Å². The molecule has 0 saturated heterocycles. The Labute approximate surface area is 59.3 Å². The van der Waals surface area contributed by atoms with Crippen LogP contribution < -0.4 is 0 Å². The molecule has 0 aliphatic rings. The van der Waals surface area contributed by atoms with Gasteiger partial charge >= 0.3 is 5.97 Å². The Morgan fingerprint density at radius 1 is 1.30 bits per heavy atom. The Morgan fingerprint density at radius 3 is 1.60 bits per heavy atom. The van der Waals surface area contributed by atoms with Crippen molar-refractivity contribution in [2.45, 2.75) is 19.8 Å². The summed E-state index contributed by atoms with van der Waals surface area (Å²) in [5.41, 5.74) is 0. The lowest BCUT2D eigenvalue weighted by Crippen LogP contribution is -1.90. The van der Waals surface area contributed by atoms with E-state index in [1.807, 2.05) is 6.92 Å². The molecule has 10 heavy (non-hydrogen) atoms. The molecule has 0 aliphatic heterocycles. The zero-order chi connectivity index (χ0) is 4.99. The maximum absolute atomic E-state index is 9.60. The van der Waals surface area contributed by atoms with Crippen LogP contribution in [0.15, 0.2) is 0 Å². The minimum Gasteiger partial charge on any atom is -0.481 e. The van der Waals surface area contributed by atoms with Crippen LogP contribution >= 0.6 is 0 Å². The molecule has 0 heterocycles. The van der Waals surface area contributed by atoms with Crippen LogP contribution in [0.25, 0.3) is 0 Å². The van der Waals surface area contributed by atoms with E-state index < -0.39 is 5.97 Å². The summed E-state index contributed by atoms with van der Waals surface area (Å²) in [5.74, 6) is -0.711. The molecule has 0 saturated carbocycles. The van der Waals surface area contributed by atoms with Gasteiger partial charge in [0.25, 0.3) is 0 Å². The van der Waals surface area contributed by atoms with E-state index in [2.05, 4.69) is 0 Å². The van der Waals surface area contributed by atoms with Gasteiger partial charge in [0, 0.05) is 6.42 Å². The fourth-order valence-electron chi connectivity index (χ4n) is 0.214. The van der Waals surface area contributed by atoms with Crippen LogP contribution in [-0.4, -0.2) is 19.5 Å². The minimum atomic E-state index is -0.711. The molecule has 0 bridgehead atoms. The van der Waals surface area contributed by atoms with Gasteiger partial charge in [-0.2, -0.15) is 0 Å². The first-order valence-corrected chi connectivity index (χ1v) is 1.99. The van der Waals surface area contributed by atoms with Crippen LogP contribution in [0.3, 0.4) is 0 Å². The number of halogens is 3. The lowest BCUT2D eigenvalue weighted by Gasteiger charge is -1.79. The van der Waals surface area contributed by atoms with Gasteiger partial charge in [-0.05, 0) is 6.42 Å². The van der Waals surface area contributed by atoms with Crippen molar-refractivity contribution in [2.24, 2.45) is 0 Å². The van der Waals surface area contributed by atoms with E-state index in [-0.39, 0.29) is 22.5 Å². The summed E-state index contributed by atoms with van der Waals surface area (Å²) < 4.78 is 0. The molecule has 0 aromatic heterocycles. The molecule has 0 unspecified atom stereocenters. The number of rotatable bonds is 2. The summed E-state index contributed by atoms with van der Waals surface area (Å²) >= 11 is 0. The van der Waals surface area contributed by atoms with Crippen molar-refractivity contribution in [3.8, 4) is 0 Å². The molecule has 0 aromatic carbocycles. The first-order chi connectivity index (χ1) is 2.77. The normalized spacial score (nSPS) is 4.90. The second-order valence-corrected chi connectivity index (χ2v) is 1.14. The Morgan fingerprint density at radius 2 is 1.60 bits per heavy atom. The second kappa shape index (κ2) is 23.9. The molecule has 0 spiro atoms. The Bertz CT molecular complexity index is 62.5. The molecule has 2 nitrogen and oxygen atoms in total. The fraction of sp³-hybridized carbons (Fsp3) is 0.750. The molecular weight excluding hydrogens is 148 g/mol. The smallest absolute Gasteiger partial charge is 0.303 e. The van der Waals surface area contributed by atoms with Crippen LogP contribution in [0.1, 0.15) is 19.8 Å². The molecule has 0 aliphatic carbocycles. The lowest BCUT2D eigenvalue weighted by atomic mass is 10.4. The second-order valence-electron chi connectivity index (χ2n) is 1.14. The largest absolute Gasteiger partial charge is 0.481 e. The fourth-order valence-corrected chi connectivity index (χ4v) is 0.214. The molecule has 0 amide bonds. The SMILES string of the molecule is B.CCCC(=O)O.F.F.F. The summed E-state index contributed by atoms with van der Waals surface area (Å²) in [4.78, 5) is 9.60. The van der Waals surface area contributed by atoms with Crippen molar-refractivity contribution in [1.82, 2.24) is 0 Å². The van der Waals surface area contributed by atoms with Crippen LogP contribution in [-0.2, 0) is 4.79 Å². The third kappa shape index (κ3) is 54.2. The molecule has 0 rings (SSSR count). The maximum Gasteiger partial charge on any atom is 0.303 e. The highest BCUT2D eigenvalue weighted by atomic mass is 19.0. The monoisotopic (exact) mass is 162 g/mol. The molecule has 6 heteroatoms. The minimum absolute atomic E-state index is 0. The van der Waals surface area contributed by atoms with Crippen molar-refractivity contribution >= 4 is 14.4 Å². The van der Waals surface area contributed by atoms with E-state index in [4.69, 9.17) is 5.11 Å². The maximum atomic E-state index is 9.60. The van der Waals surface area contributed by atoms with Gasteiger partial charge in [-0.3, -0.25) is 18.9 Å². The van der Waals surface area contributed by atoms with E-state index in [1.165, 1.54) is 0 Å². The molecule has 0 radical (unpaired) electrons. The molecular formula is C4H14BF3O2. The molecule has 1 N–H and O–H groups in total. The van der Waals surface area contributed by atoms with E-state index in [1.54, 1.807) is 0 Å². The van der Waals surface area contributed by atoms with Crippen LogP contribution in [0.5, 0.6) is 0 Å². The van der Waals surface area contributed by atoms with E-state index in [0.717, 1.165) is 6.42 Å². The Kier molecular flexibility index (Phi) is 82.5. The van der Waals surface area contributed by atoms with Crippen LogP contribution in [0, 0.1) is 0 Å². The zero-order valence-corrected chi connectivity index (χ0v) is 4.99. The standard InChI is InChI=1S/C4H8O2.BH3.3FH/c1-2-3-4(5)6;;;;/h2-3H2,1H3,(H,5,6);1H3;3*1H. The third-order valence-electron chi connectivity index (χ3n) is 0.464. The number of carboxylic acid groups (broad SMARTS) is 1. The Hall–Kier alpha value is -0.675. The highest BCUT2D eigenvalue weighted by Crippen LogP contribution is 1.82. The predicted octanol–water partition coefficient (Wildman–Crippen LogP) is 0.145. The van der Waals surface area contributed by atoms with Crippen LogP contribution in [0.4, 0.5) is 14.1 Å². The summed E-state index contributed by atoms with van der Waals surface area (Å²) in [5, 5.41) is 7.91. The van der Waals surface area contributed by atoms with Crippen molar-refractivity contribution in [3.63, 3.8) is 0 Å². The number of aliphatic carboxylic acids is 1. The topological polar surface area (TPSA) is 37.3 Å². The highest BCUT2D eigenvalue weighted by molar-refractivity contribution is 5.75. The summed E-state index contributed by atoms with van der Waals surface area (Å²) in [6.45, 7) is 1.84. The summed E-state index contributed by atoms with van der Waals surface area (Å²) in [6.07, 6.45) is 1.02. The highest BCUT2D eigenvalue weighted by Gasteiger charge is 1.87. The number of hydrogen-bond acceptors (Lipinski definition) is 1. The van der Waals surface area contributed by atoms with Gasteiger partial charge in [0.05, 0.1) is 8.41 Å². The zero-order valence-electron chi connectivity index (χ0n) is 4.99. The molecule has 0 fully saturated rings. The van der Waals surface area contributed by atoms with Gasteiger partial charge in [0.1, 0.15) is 0 Å². The molecule has 0 atom stereocenters. The third-order valence-corrected chi connectivity index (χ3v) is 0.464. The average Bonchev–Trinajstić information content (AvgIpc) is 1.35. The van der Waals surface area contributed by atoms with Gasteiger partial charge in [-0.1, -0.05) is 6.92 Å². The number of carboxylic acids is 1. The van der Waals surface area contributed by atoms with Gasteiger partial charge in [-0.15, -0.1) is 0 Å². The van der Waals surface area contributed by atoms with Crippen molar-refractivity contribution in [1.29, 1.82) is 0 Å². The van der Waals surface area contributed by atoms with Crippen molar-refractivity contribution in [3.05, 3.63) is 0 Å². The van der Waals surface area contributed by atoms with Crippen LogP contribution in [0.2, 0.25) is 0 Å². The van der Waals surface area contributed by atoms with Gasteiger partial charge in [0.2, 0.25) is 0 Å². The quantitative estimate of drug-likeness (QED) is 0.586. The van der Waals surface area contributed by atoms with E-state index in [9.17, 15) is 4.79 Å². The Balaban J connectivity index is -0.0000000208. The van der Waals surface area contributed by atoms with Crippen molar-refractivity contribution in [2.75, 3.05) is 0 Å². The molecule has 66 valence electrons. The summed E-state index contributed by atoms with van der Waals surface area (Å²) in [7, 11) is 0. The predicted molar refractivity (Wildman–Crippen MR) is 40.0 cm³/mol. The molecule has 0 aromatic rings. The number of hydrogen-bond donors (Lipinski definition) is 1. The van der Waals surface area contributed by atoms with Gasteiger partial charge < -0.3 is 5.11 Å². The van der Waals surface area contributed by atoms with E-state index >= 15 is 0 Å². The first-order valence-electron chi connectivity index (χ1n) is 1.99. The van der Waals surface area contributed by atoms with Gasteiger partial charge in [-0.25, -0.2) is 0 Å². The lowest BCUT2D eigenvalue weighted by molar-refractivity contribution is -0.137. The van der Waals surface area contributed by atoms with E-state index in [0.29, 0.717) is 6.42 Å². The number of carbonyl (C=O) groups is 1. The van der Waals surface area contributed by atoms with Crippen molar-refractivity contribution < 1.29 is 24.0 Å². The first kappa shape index (κ1) is 34.6. The summed E-state index contributed by atoms with van der Waals surface area (Å²) in [6, 6.07) is 0.